The molecule has 2 unspecified atom stereocenters. The summed E-state index contributed by atoms with van der Waals surface area (Å²) in [6.07, 6.45) is 1.98. The number of aromatic nitrogens is 2. The zero-order valence-corrected chi connectivity index (χ0v) is 19.0. The zero-order valence-electron chi connectivity index (χ0n) is 19.0. The van der Waals surface area contributed by atoms with Gasteiger partial charge in [-0.25, -0.2) is 0 Å². The summed E-state index contributed by atoms with van der Waals surface area (Å²) in [5.41, 5.74) is 3.95. The van der Waals surface area contributed by atoms with E-state index in [4.69, 9.17) is 18.9 Å². The number of amides is 1. The van der Waals surface area contributed by atoms with Crippen LogP contribution in [0.1, 0.15) is 40.5 Å². The summed E-state index contributed by atoms with van der Waals surface area (Å²) in [6.45, 7) is 1.25. The summed E-state index contributed by atoms with van der Waals surface area (Å²) in [5.74, 6) is 1.94. The molecule has 1 N–H and O–H groups in total. The number of carbonyl (C=O) groups excluding carboxylic acids is 1. The highest BCUT2D eigenvalue weighted by Crippen LogP contribution is 2.45. The van der Waals surface area contributed by atoms with Gasteiger partial charge in [0.1, 0.15) is 11.4 Å². The molecule has 172 valence electrons. The molecule has 0 aliphatic carbocycles. The standard InChI is InChI=1S/C25H27N3O5/c1-30-17-9-6-15(7-10-17)22-21-23(27-26-22)25(29)28(14-18-5-4-12-33-18)24(21)16-8-11-19(31-2)20(13-16)32-3/h6-11,13,18,24H,4-5,12,14H2,1-3H3,(H,26,27). The molecule has 1 amide bonds. The van der Waals surface area contributed by atoms with Crippen LogP contribution >= 0.6 is 0 Å². The van der Waals surface area contributed by atoms with Crippen molar-refractivity contribution >= 4 is 5.91 Å². The molecule has 2 atom stereocenters. The number of nitrogens with one attached hydrogen (secondary N) is 1. The molecule has 1 fully saturated rings. The van der Waals surface area contributed by atoms with E-state index in [2.05, 4.69) is 10.2 Å². The monoisotopic (exact) mass is 449 g/mol. The second kappa shape index (κ2) is 8.78. The van der Waals surface area contributed by atoms with E-state index in [-0.39, 0.29) is 18.1 Å². The highest BCUT2D eigenvalue weighted by molar-refractivity contribution is 6.00. The summed E-state index contributed by atoms with van der Waals surface area (Å²) in [5, 5.41) is 7.53. The molecule has 0 radical (unpaired) electrons. The predicted molar refractivity (Wildman–Crippen MR) is 122 cm³/mol. The fourth-order valence-electron chi connectivity index (χ4n) is 4.73. The van der Waals surface area contributed by atoms with E-state index in [0.29, 0.717) is 23.7 Å². The summed E-state index contributed by atoms with van der Waals surface area (Å²) in [7, 11) is 4.85. The second-order valence-electron chi connectivity index (χ2n) is 8.20. The lowest BCUT2D eigenvalue weighted by molar-refractivity contribution is 0.0495. The van der Waals surface area contributed by atoms with Crippen molar-refractivity contribution in [2.45, 2.75) is 25.0 Å². The third kappa shape index (κ3) is 3.70. The van der Waals surface area contributed by atoms with Crippen LogP contribution in [0.4, 0.5) is 0 Å². The van der Waals surface area contributed by atoms with Crippen molar-refractivity contribution in [3.63, 3.8) is 0 Å². The Labute approximate surface area is 192 Å². The number of benzene rings is 2. The quantitative estimate of drug-likeness (QED) is 0.590. The van der Waals surface area contributed by atoms with Crippen molar-refractivity contribution in [1.29, 1.82) is 0 Å². The molecule has 8 heteroatoms. The Kier molecular flexibility index (Phi) is 5.68. The number of fused-ring (bicyclic) bond motifs is 1. The number of hydrogen-bond acceptors (Lipinski definition) is 6. The Balaban J connectivity index is 1.62. The number of methoxy groups -OCH3 is 3. The van der Waals surface area contributed by atoms with Gasteiger partial charge in [-0.15, -0.1) is 0 Å². The van der Waals surface area contributed by atoms with Gasteiger partial charge in [0.2, 0.25) is 0 Å². The third-order valence-electron chi connectivity index (χ3n) is 6.37. The first kappa shape index (κ1) is 21.3. The SMILES string of the molecule is COc1ccc(-c2n[nH]c3c2C(c2ccc(OC)c(OC)c2)N(CC2CCCO2)C3=O)cc1. The first-order valence-electron chi connectivity index (χ1n) is 11.0. The third-order valence-corrected chi connectivity index (χ3v) is 6.37. The van der Waals surface area contributed by atoms with Crippen molar-refractivity contribution in [3.8, 4) is 28.5 Å². The van der Waals surface area contributed by atoms with Crippen LogP contribution in [0.25, 0.3) is 11.3 Å². The smallest absolute Gasteiger partial charge is 0.273 e. The Morgan fingerprint density at radius 1 is 1.06 bits per heavy atom. The number of aromatic amines is 1. The van der Waals surface area contributed by atoms with Gasteiger partial charge in [0.25, 0.3) is 5.91 Å². The van der Waals surface area contributed by atoms with E-state index in [0.717, 1.165) is 47.6 Å². The van der Waals surface area contributed by atoms with E-state index >= 15 is 0 Å². The van der Waals surface area contributed by atoms with E-state index in [1.165, 1.54) is 0 Å². The number of hydrogen-bond donors (Lipinski definition) is 1. The Hall–Kier alpha value is -3.52. The van der Waals surface area contributed by atoms with Crippen LogP contribution in [0.3, 0.4) is 0 Å². The van der Waals surface area contributed by atoms with Crippen molar-refractivity contribution in [2.24, 2.45) is 0 Å². The van der Waals surface area contributed by atoms with Crippen LogP contribution in [-0.4, -0.2) is 61.6 Å². The van der Waals surface area contributed by atoms with Crippen LogP contribution in [0.2, 0.25) is 0 Å². The molecule has 2 aromatic carbocycles. The van der Waals surface area contributed by atoms with Crippen LogP contribution in [0, 0.1) is 0 Å². The minimum absolute atomic E-state index is 0.0259. The summed E-state index contributed by atoms with van der Waals surface area (Å²) in [4.78, 5) is 15.4. The highest BCUT2D eigenvalue weighted by atomic mass is 16.5. The number of nitrogens with zero attached hydrogens (tertiary/aromatic N) is 2. The molecule has 33 heavy (non-hydrogen) atoms. The summed E-state index contributed by atoms with van der Waals surface area (Å²) >= 11 is 0. The lowest BCUT2D eigenvalue weighted by Crippen LogP contribution is -2.36. The molecule has 3 heterocycles. The van der Waals surface area contributed by atoms with Gasteiger partial charge in [-0.3, -0.25) is 9.89 Å². The first-order chi connectivity index (χ1) is 16.1. The topological polar surface area (TPSA) is 85.9 Å². The molecule has 0 bridgehead atoms. The lowest BCUT2D eigenvalue weighted by Gasteiger charge is -2.29. The Morgan fingerprint density at radius 3 is 2.52 bits per heavy atom. The van der Waals surface area contributed by atoms with E-state index in [1.54, 1.807) is 21.3 Å². The molecule has 2 aliphatic rings. The van der Waals surface area contributed by atoms with Crippen molar-refractivity contribution in [1.82, 2.24) is 15.1 Å². The molecule has 5 rings (SSSR count). The maximum atomic E-state index is 13.5. The number of ether oxygens (including phenoxy) is 4. The molecule has 0 spiro atoms. The minimum Gasteiger partial charge on any atom is -0.497 e. The Morgan fingerprint density at radius 2 is 1.85 bits per heavy atom. The van der Waals surface area contributed by atoms with Crippen molar-refractivity contribution in [3.05, 3.63) is 59.3 Å². The maximum Gasteiger partial charge on any atom is 0.273 e. The molecule has 3 aromatic rings. The van der Waals surface area contributed by atoms with Gasteiger partial charge in [-0.2, -0.15) is 5.10 Å². The van der Waals surface area contributed by atoms with E-state index in [1.807, 2.05) is 47.4 Å². The van der Waals surface area contributed by atoms with E-state index < -0.39 is 0 Å². The molecular weight excluding hydrogens is 422 g/mol. The second-order valence-corrected chi connectivity index (χ2v) is 8.20. The molecule has 0 saturated carbocycles. The predicted octanol–water partition coefficient (Wildman–Crippen LogP) is 3.83. The van der Waals surface area contributed by atoms with E-state index in [9.17, 15) is 4.79 Å². The fourth-order valence-corrected chi connectivity index (χ4v) is 4.73. The Bertz CT molecular complexity index is 1150. The van der Waals surface area contributed by atoms with Crippen LogP contribution in [0.5, 0.6) is 17.2 Å². The largest absolute Gasteiger partial charge is 0.497 e. The van der Waals surface area contributed by atoms with Gasteiger partial charge >= 0.3 is 0 Å². The number of H-pyrrole nitrogens is 1. The number of carbonyl (C=O) groups is 1. The first-order valence-corrected chi connectivity index (χ1v) is 11.0. The average Bonchev–Trinajstić information content (AvgIpc) is 3.58. The molecule has 1 aromatic heterocycles. The van der Waals surface area contributed by atoms with Crippen molar-refractivity contribution in [2.75, 3.05) is 34.5 Å². The van der Waals surface area contributed by atoms with Crippen LogP contribution in [0.15, 0.2) is 42.5 Å². The fraction of sp³-hybridized carbons (Fsp3) is 0.360. The normalized spacial score (nSPS) is 19.6. The van der Waals surface area contributed by atoms with Crippen LogP contribution < -0.4 is 14.2 Å². The van der Waals surface area contributed by atoms with Gasteiger partial charge in [0.15, 0.2) is 11.5 Å². The van der Waals surface area contributed by atoms with Gasteiger partial charge in [-0.1, -0.05) is 6.07 Å². The minimum atomic E-state index is -0.327. The zero-order chi connectivity index (χ0) is 22.9. The van der Waals surface area contributed by atoms with Gasteiger partial charge in [0, 0.05) is 24.3 Å². The van der Waals surface area contributed by atoms with Crippen molar-refractivity contribution < 1.29 is 23.7 Å². The average molecular weight is 450 g/mol. The summed E-state index contributed by atoms with van der Waals surface area (Å²) in [6, 6.07) is 13.1. The van der Waals surface area contributed by atoms with Gasteiger partial charge in [0.05, 0.1) is 39.2 Å². The highest BCUT2D eigenvalue weighted by Gasteiger charge is 2.43. The maximum absolute atomic E-state index is 13.5. The molecular formula is C25H27N3O5. The summed E-state index contributed by atoms with van der Waals surface area (Å²) < 4.78 is 22.1. The molecule has 2 aliphatic heterocycles. The number of rotatable bonds is 7. The lowest BCUT2D eigenvalue weighted by atomic mass is 9.95. The molecule has 8 nitrogen and oxygen atoms in total. The van der Waals surface area contributed by atoms with Gasteiger partial charge < -0.3 is 23.8 Å². The molecule has 1 saturated heterocycles. The van der Waals surface area contributed by atoms with Gasteiger partial charge in [-0.05, 0) is 54.8 Å². The van der Waals surface area contributed by atoms with Crippen LogP contribution in [-0.2, 0) is 4.74 Å².